The van der Waals surface area contributed by atoms with E-state index in [1.165, 1.54) is 0 Å². The van der Waals surface area contributed by atoms with E-state index < -0.39 is 11.6 Å². The van der Waals surface area contributed by atoms with E-state index in [0.29, 0.717) is 47.9 Å². The predicted octanol–water partition coefficient (Wildman–Crippen LogP) is 1.55. The van der Waals surface area contributed by atoms with Gasteiger partial charge in [-0.25, -0.2) is 9.78 Å². The first-order valence-corrected chi connectivity index (χ1v) is 13.2. The van der Waals surface area contributed by atoms with Crippen LogP contribution in [0.3, 0.4) is 0 Å². The average Bonchev–Trinajstić information content (AvgIpc) is 3.55. The van der Waals surface area contributed by atoms with Crippen molar-refractivity contribution in [3.05, 3.63) is 50.8 Å². The van der Waals surface area contributed by atoms with E-state index in [1.54, 1.807) is 22.5 Å². The lowest BCUT2D eigenvalue weighted by Gasteiger charge is -2.31. The number of esters is 1. The van der Waals surface area contributed by atoms with Gasteiger partial charge >= 0.3 is 5.97 Å². The largest absolute Gasteiger partial charge is 0.458 e. The van der Waals surface area contributed by atoms with Crippen LogP contribution >= 0.6 is 0 Å². The Morgan fingerprint density at radius 1 is 1.13 bits per heavy atom. The number of hydrogen-bond donors (Lipinski definition) is 2. The third kappa shape index (κ3) is 3.79. The number of benzene rings is 1. The molecule has 0 aliphatic carbocycles. The molecule has 1 amide bonds. The lowest BCUT2D eigenvalue weighted by Crippen LogP contribution is -2.44. The lowest BCUT2D eigenvalue weighted by molar-refractivity contribution is -0.172. The van der Waals surface area contributed by atoms with Gasteiger partial charge in [0.05, 0.1) is 35.6 Å². The second-order valence-electron chi connectivity index (χ2n) is 10.1. The normalized spacial score (nSPS) is 18.5. The van der Waals surface area contributed by atoms with Crippen molar-refractivity contribution in [3.63, 3.8) is 0 Å². The molecule has 0 spiro atoms. The fourth-order valence-corrected chi connectivity index (χ4v) is 5.84. The van der Waals surface area contributed by atoms with Crippen LogP contribution in [0.2, 0.25) is 0 Å². The molecule has 0 unspecified atom stereocenters. The number of pyridine rings is 2. The van der Waals surface area contributed by atoms with E-state index in [2.05, 4.69) is 0 Å². The quantitative estimate of drug-likeness (QED) is 0.337. The van der Waals surface area contributed by atoms with Gasteiger partial charge in [0.2, 0.25) is 12.7 Å². The van der Waals surface area contributed by atoms with Gasteiger partial charge in [-0.15, -0.1) is 0 Å². The minimum atomic E-state index is -1.90. The van der Waals surface area contributed by atoms with Gasteiger partial charge in [-0.05, 0) is 37.0 Å². The lowest BCUT2D eigenvalue weighted by atomic mass is 9.86. The molecular weight excluding hydrogens is 504 g/mol. The molecule has 0 saturated heterocycles. The summed E-state index contributed by atoms with van der Waals surface area (Å²) in [7, 11) is 0. The topological polar surface area (TPSA) is 146 Å². The van der Waals surface area contributed by atoms with Crippen LogP contribution in [0.1, 0.15) is 48.9 Å². The smallest absolute Gasteiger partial charge is 0.343 e. The molecular formula is C28H30N4O7. The monoisotopic (exact) mass is 534 g/mol. The van der Waals surface area contributed by atoms with Gasteiger partial charge < -0.3 is 34.5 Å². The Balaban J connectivity index is 1.54. The van der Waals surface area contributed by atoms with Crippen molar-refractivity contribution in [1.29, 1.82) is 0 Å². The third-order valence-corrected chi connectivity index (χ3v) is 7.95. The fourth-order valence-electron chi connectivity index (χ4n) is 5.84. The molecule has 39 heavy (non-hydrogen) atoms. The number of aromatic nitrogens is 2. The van der Waals surface area contributed by atoms with Gasteiger partial charge in [-0.1, -0.05) is 13.8 Å². The number of aliphatic hydroxyl groups is 1. The molecule has 11 nitrogen and oxygen atoms in total. The number of carbonyl (C=O) groups is 2. The zero-order chi connectivity index (χ0) is 27.5. The highest BCUT2D eigenvalue weighted by atomic mass is 16.7. The Labute approximate surface area is 224 Å². The molecule has 0 radical (unpaired) electrons. The molecule has 2 aromatic heterocycles. The van der Waals surface area contributed by atoms with Gasteiger partial charge in [-0.2, -0.15) is 0 Å². The van der Waals surface area contributed by atoms with E-state index in [-0.39, 0.29) is 55.5 Å². The Hall–Kier alpha value is -3.96. The van der Waals surface area contributed by atoms with Crippen molar-refractivity contribution < 1.29 is 28.9 Å². The number of hydrogen-bond acceptors (Lipinski definition) is 9. The summed E-state index contributed by atoms with van der Waals surface area (Å²) < 4.78 is 18.0. The molecule has 6 rings (SSSR count). The maximum absolute atomic E-state index is 13.7. The van der Waals surface area contributed by atoms with E-state index in [9.17, 15) is 19.5 Å². The zero-order valence-corrected chi connectivity index (χ0v) is 21.9. The second-order valence-corrected chi connectivity index (χ2v) is 10.1. The molecule has 0 bridgehead atoms. The van der Waals surface area contributed by atoms with Crippen LogP contribution in [0, 0.1) is 0 Å². The maximum atomic E-state index is 13.7. The Morgan fingerprint density at radius 2 is 1.90 bits per heavy atom. The number of carbonyl (C=O) groups excluding carboxylic acids is 2. The first kappa shape index (κ1) is 25.3. The number of cyclic esters (lactones) is 1. The summed E-state index contributed by atoms with van der Waals surface area (Å²) in [6.07, 6.45) is 1.37. The molecule has 3 aliphatic heterocycles. The van der Waals surface area contributed by atoms with Crippen LogP contribution in [-0.4, -0.2) is 57.9 Å². The summed E-state index contributed by atoms with van der Waals surface area (Å²) in [5, 5.41) is 12.0. The van der Waals surface area contributed by atoms with Crippen LogP contribution < -0.4 is 20.8 Å². The van der Waals surface area contributed by atoms with Crippen LogP contribution in [0.15, 0.2) is 23.0 Å². The molecule has 1 aromatic carbocycles. The van der Waals surface area contributed by atoms with Crippen LogP contribution in [0.5, 0.6) is 11.5 Å². The van der Waals surface area contributed by atoms with Gasteiger partial charge in [0.25, 0.3) is 5.56 Å². The molecule has 1 atom stereocenters. The van der Waals surface area contributed by atoms with Crippen LogP contribution in [0.4, 0.5) is 0 Å². The molecule has 3 aliphatic rings. The molecule has 5 heterocycles. The first-order valence-electron chi connectivity index (χ1n) is 13.2. The van der Waals surface area contributed by atoms with Crippen molar-refractivity contribution in [2.24, 2.45) is 5.73 Å². The summed E-state index contributed by atoms with van der Waals surface area (Å²) >= 11 is 0. The molecule has 0 fully saturated rings. The molecule has 11 heteroatoms. The summed E-state index contributed by atoms with van der Waals surface area (Å²) in [5.74, 6) is 0.303. The van der Waals surface area contributed by atoms with E-state index in [1.807, 2.05) is 19.1 Å². The SMILES string of the molecule is CCCN(CCc1c2c(nc3cc4c(cc13)OCO4)-c1cc3c(c(=O)n1C2)COC(=O)[C@]3(O)CC)C(=O)CN. The van der Waals surface area contributed by atoms with Crippen molar-refractivity contribution in [2.75, 3.05) is 26.4 Å². The summed E-state index contributed by atoms with van der Waals surface area (Å²) in [5.41, 5.74) is 7.55. The van der Waals surface area contributed by atoms with Crippen LogP contribution in [0.25, 0.3) is 22.3 Å². The average molecular weight is 535 g/mol. The fraction of sp³-hybridized carbons (Fsp3) is 0.429. The van der Waals surface area contributed by atoms with Crippen molar-refractivity contribution >= 4 is 22.8 Å². The Morgan fingerprint density at radius 3 is 2.62 bits per heavy atom. The number of fused-ring (bicyclic) bond motifs is 6. The molecule has 204 valence electrons. The van der Waals surface area contributed by atoms with Crippen molar-refractivity contribution in [3.8, 4) is 22.9 Å². The summed E-state index contributed by atoms with van der Waals surface area (Å²) in [4.78, 5) is 45.4. The highest BCUT2D eigenvalue weighted by Gasteiger charge is 2.45. The Bertz CT molecular complexity index is 1600. The number of ether oxygens (including phenoxy) is 3. The van der Waals surface area contributed by atoms with Gasteiger partial charge in [0.15, 0.2) is 17.1 Å². The standard InChI is InChI=1S/C28H30N4O7/c1-3-6-31(24(33)11-29)7-5-15-16-8-22-23(39-14-38-22)10-20(16)30-25-17(15)12-32-21(25)9-19-18(26(32)34)13-37-27(35)28(19,36)4-2/h8-10,36H,3-7,11-14,29H2,1-2H3/t28-/m0/s1. The molecule has 3 aromatic rings. The van der Waals surface area contributed by atoms with E-state index in [0.717, 1.165) is 22.9 Å². The molecule has 0 saturated carbocycles. The number of rotatable bonds is 7. The summed E-state index contributed by atoms with van der Waals surface area (Å²) in [6, 6.07) is 5.41. The minimum absolute atomic E-state index is 0.0664. The first-order chi connectivity index (χ1) is 18.8. The second kappa shape index (κ2) is 9.35. The zero-order valence-electron chi connectivity index (χ0n) is 21.9. The van der Waals surface area contributed by atoms with E-state index in [4.69, 9.17) is 24.9 Å². The van der Waals surface area contributed by atoms with Gasteiger partial charge in [0, 0.05) is 35.7 Å². The minimum Gasteiger partial charge on any atom is -0.458 e. The summed E-state index contributed by atoms with van der Waals surface area (Å²) in [6.45, 7) is 4.84. The van der Waals surface area contributed by atoms with E-state index >= 15 is 0 Å². The highest BCUT2D eigenvalue weighted by molar-refractivity contribution is 5.91. The van der Waals surface area contributed by atoms with Crippen LogP contribution in [-0.2, 0) is 39.5 Å². The van der Waals surface area contributed by atoms with Crippen molar-refractivity contribution in [1.82, 2.24) is 14.5 Å². The Kier molecular flexibility index (Phi) is 6.07. The van der Waals surface area contributed by atoms with Gasteiger partial charge in [0.1, 0.15) is 6.61 Å². The number of nitrogens with zero attached hydrogens (tertiary/aromatic N) is 3. The third-order valence-electron chi connectivity index (χ3n) is 7.95. The number of amides is 1. The van der Waals surface area contributed by atoms with Gasteiger partial charge in [-0.3, -0.25) is 9.59 Å². The highest BCUT2D eigenvalue weighted by Crippen LogP contribution is 2.43. The maximum Gasteiger partial charge on any atom is 0.343 e. The van der Waals surface area contributed by atoms with Crippen molar-refractivity contribution in [2.45, 2.75) is 51.9 Å². The predicted molar refractivity (Wildman–Crippen MR) is 140 cm³/mol. The number of nitrogens with two attached hydrogens (primary N) is 1. The molecule has 3 N–H and O–H groups in total.